The van der Waals surface area contributed by atoms with Crippen molar-refractivity contribution in [3.05, 3.63) is 23.8 Å². The van der Waals surface area contributed by atoms with E-state index in [1.54, 1.807) is 7.11 Å². The Bertz CT molecular complexity index is 384. The summed E-state index contributed by atoms with van der Waals surface area (Å²) in [5.41, 5.74) is 2.47. The molecule has 0 aliphatic carbocycles. The van der Waals surface area contributed by atoms with Crippen LogP contribution in [0.15, 0.2) is 18.2 Å². The minimum atomic E-state index is 0.481. The van der Waals surface area contributed by atoms with E-state index in [9.17, 15) is 0 Å². The fraction of sp³-hybridized carbons (Fsp3) is 0.600. The van der Waals surface area contributed by atoms with Gasteiger partial charge >= 0.3 is 0 Å². The van der Waals surface area contributed by atoms with E-state index in [1.165, 1.54) is 17.7 Å². The molecule has 18 heavy (non-hydrogen) atoms. The second-order valence-electron chi connectivity index (χ2n) is 5.35. The maximum Gasteiger partial charge on any atom is 0.122 e. The molecule has 3 heteroatoms. The smallest absolute Gasteiger partial charge is 0.122 e. The van der Waals surface area contributed by atoms with Gasteiger partial charge < -0.3 is 15.4 Å². The average molecular weight is 248 g/mol. The number of nitrogens with one attached hydrogen (secondary N) is 2. The number of anilines is 1. The Morgan fingerprint density at radius 3 is 2.89 bits per heavy atom. The molecule has 0 bridgehead atoms. The molecule has 1 aromatic carbocycles. The Labute approximate surface area is 110 Å². The van der Waals surface area contributed by atoms with Crippen molar-refractivity contribution in [3.8, 4) is 5.75 Å². The number of benzene rings is 1. The molecule has 2 N–H and O–H groups in total. The zero-order valence-corrected chi connectivity index (χ0v) is 11.6. The summed E-state index contributed by atoms with van der Waals surface area (Å²) in [6, 6.07) is 6.38. The van der Waals surface area contributed by atoms with Crippen molar-refractivity contribution >= 4 is 5.69 Å². The van der Waals surface area contributed by atoms with Crippen LogP contribution in [-0.4, -0.2) is 26.7 Å². The summed E-state index contributed by atoms with van der Waals surface area (Å²) in [5, 5.41) is 6.93. The Balaban J connectivity index is 2.01. The molecular formula is C15H24N2O. The van der Waals surface area contributed by atoms with Crippen LogP contribution in [0.4, 0.5) is 5.69 Å². The lowest BCUT2D eigenvalue weighted by atomic mass is 10.0. The summed E-state index contributed by atoms with van der Waals surface area (Å²) < 4.78 is 5.40. The molecule has 0 amide bonds. The molecule has 1 heterocycles. The lowest BCUT2D eigenvalue weighted by Gasteiger charge is -2.16. The molecule has 1 atom stereocenters. The first kappa shape index (κ1) is 13.2. The maximum absolute atomic E-state index is 5.40. The van der Waals surface area contributed by atoms with Crippen LogP contribution in [0, 0.1) is 5.92 Å². The molecule has 0 saturated carbocycles. The Morgan fingerprint density at radius 2 is 2.28 bits per heavy atom. The lowest BCUT2D eigenvalue weighted by molar-refractivity contribution is 0.407. The van der Waals surface area contributed by atoms with E-state index < -0.39 is 0 Å². The lowest BCUT2D eigenvalue weighted by Crippen LogP contribution is -2.17. The van der Waals surface area contributed by atoms with Gasteiger partial charge in [-0.05, 0) is 55.1 Å². The zero-order valence-electron chi connectivity index (χ0n) is 11.6. The van der Waals surface area contributed by atoms with Gasteiger partial charge in [0.1, 0.15) is 5.75 Å². The highest BCUT2D eigenvalue weighted by molar-refractivity contribution is 5.52. The van der Waals surface area contributed by atoms with Gasteiger partial charge in [-0.15, -0.1) is 0 Å². The number of rotatable bonds is 5. The molecule has 100 valence electrons. The minimum absolute atomic E-state index is 0.481. The molecule has 1 aliphatic heterocycles. The van der Waals surface area contributed by atoms with Crippen molar-refractivity contribution in [2.24, 2.45) is 5.92 Å². The molecule has 1 fully saturated rings. The van der Waals surface area contributed by atoms with Crippen LogP contribution in [0.3, 0.4) is 0 Å². The predicted octanol–water partition coefficient (Wildman–Crippen LogP) is 2.84. The van der Waals surface area contributed by atoms with Crippen LogP contribution in [0.2, 0.25) is 0 Å². The van der Waals surface area contributed by atoms with Gasteiger partial charge in [0.05, 0.1) is 7.11 Å². The number of ether oxygens (including phenoxy) is 1. The van der Waals surface area contributed by atoms with Crippen LogP contribution in [-0.2, 0) is 0 Å². The van der Waals surface area contributed by atoms with Crippen molar-refractivity contribution < 1.29 is 4.74 Å². The van der Waals surface area contributed by atoms with Crippen LogP contribution in [0.25, 0.3) is 0 Å². The largest absolute Gasteiger partial charge is 0.496 e. The van der Waals surface area contributed by atoms with E-state index in [0.29, 0.717) is 5.92 Å². The summed E-state index contributed by atoms with van der Waals surface area (Å²) in [5.74, 6) is 2.22. The van der Waals surface area contributed by atoms with Gasteiger partial charge in [0.2, 0.25) is 0 Å². The third kappa shape index (κ3) is 3.16. The standard InChI is InChI=1S/C15H24N2O/c1-11(2)14-8-13(4-5-15(14)18-3)17-10-12-6-7-16-9-12/h4-5,8,11-12,16-17H,6-7,9-10H2,1-3H3. The third-order valence-corrected chi connectivity index (χ3v) is 3.61. The van der Waals surface area contributed by atoms with Crippen molar-refractivity contribution in [2.45, 2.75) is 26.2 Å². The fourth-order valence-electron chi connectivity index (χ4n) is 2.45. The van der Waals surface area contributed by atoms with Gasteiger partial charge in [0.25, 0.3) is 0 Å². The van der Waals surface area contributed by atoms with Crippen LogP contribution in [0.5, 0.6) is 5.75 Å². The highest BCUT2D eigenvalue weighted by atomic mass is 16.5. The van der Waals surface area contributed by atoms with E-state index >= 15 is 0 Å². The number of hydrogen-bond acceptors (Lipinski definition) is 3. The van der Waals surface area contributed by atoms with Gasteiger partial charge in [-0.1, -0.05) is 13.8 Å². The Hall–Kier alpha value is -1.22. The summed E-state index contributed by atoms with van der Waals surface area (Å²) in [7, 11) is 1.73. The van der Waals surface area contributed by atoms with Crippen molar-refractivity contribution in [1.29, 1.82) is 0 Å². The van der Waals surface area contributed by atoms with Crippen molar-refractivity contribution in [3.63, 3.8) is 0 Å². The van der Waals surface area contributed by atoms with E-state index in [1.807, 2.05) is 0 Å². The van der Waals surface area contributed by atoms with Crippen LogP contribution >= 0.6 is 0 Å². The molecule has 0 spiro atoms. The van der Waals surface area contributed by atoms with Gasteiger partial charge in [0, 0.05) is 12.2 Å². The topological polar surface area (TPSA) is 33.3 Å². The Kier molecular flexibility index (Phi) is 4.48. The molecular weight excluding hydrogens is 224 g/mol. The van der Waals surface area contributed by atoms with Crippen LogP contribution < -0.4 is 15.4 Å². The van der Waals surface area contributed by atoms with Gasteiger partial charge in [0.15, 0.2) is 0 Å². The third-order valence-electron chi connectivity index (χ3n) is 3.61. The van der Waals surface area contributed by atoms with Gasteiger partial charge in [-0.25, -0.2) is 0 Å². The van der Waals surface area contributed by atoms with Crippen molar-refractivity contribution in [1.82, 2.24) is 5.32 Å². The number of methoxy groups -OCH3 is 1. The predicted molar refractivity (Wildman–Crippen MR) is 76.5 cm³/mol. The summed E-state index contributed by atoms with van der Waals surface area (Å²) in [4.78, 5) is 0. The molecule has 2 rings (SSSR count). The van der Waals surface area contributed by atoms with E-state index in [-0.39, 0.29) is 0 Å². The summed E-state index contributed by atoms with van der Waals surface area (Å²) in [6.45, 7) is 7.74. The SMILES string of the molecule is COc1ccc(NCC2CCNC2)cc1C(C)C. The van der Waals surface area contributed by atoms with Gasteiger partial charge in [-0.3, -0.25) is 0 Å². The monoisotopic (exact) mass is 248 g/mol. The van der Waals surface area contributed by atoms with E-state index in [4.69, 9.17) is 4.74 Å². The highest BCUT2D eigenvalue weighted by Crippen LogP contribution is 2.29. The second-order valence-corrected chi connectivity index (χ2v) is 5.35. The quantitative estimate of drug-likeness (QED) is 0.840. The molecule has 1 saturated heterocycles. The Morgan fingerprint density at radius 1 is 1.44 bits per heavy atom. The normalized spacial score (nSPS) is 19.2. The molecule has 1 aliphatic rings. The summed E-state index contributed by atoms with van der Waals surface area (Å²) in [6.07, 6.45) is 1.28. The fourth-order valence-corrected chi connectivity index (χ4v) is 2.45. The molecule has 3 nitrogen and oxygen atoms in total. The zero-order chi connectivity index (χ0) is 13.0. The van der Waals surface area contributed by atoms with Gasteiger partial charge in [-0.2, -0.15) is 0 Å². The molecule has 1 aromatic rings. The molecule has 0 aromatic heterocycles. The van der Waals surface area contributed by atoms with E-state index in [2.05, 4.69) is 42.7 Å². The second kappa shape index (κ2) is 6.10. The highest BCUT2D eigenvalue weighted by Gasteiger charge is 2.14. The first-order valence-electron chi connectivity index (χ1n) is 6.83. The van der Waals surface area contributed by atoms with Crippen LogP contribution in [0.1, 0.15) is 31.7 Å². The molecule has 0 radical (unpaired) electrons. The average Bonchev–Trinajstić information content (AvgIpc) is 2.89. The molecule has 1 unspecified atom stereocenters. The van der Waals surface area contributed by atoms with Crippen molar-refractivity contribution in [2.75, 3.05) is 32.1 Å². The first-order valence-corrected chi connectivity index (χ1v) is 6.83. The van der Waals surface area contributed by atoms with E-state index in [0.717, 1.165) is 31.3 Å². The maximum atomic E-state index is 5.40. The summed E-state index contributed by atoms with van der Waals surface area (Å²) >= 11 is 0. The number of hydrogen-bond donors (Lipinski definition) is 2. The minimum Gasteiger partial charge on any atom is -0.496 e. The first-order chi connectivity index (χ1) is 8.70.